The van der Waals surface area contributed by atoms with Crippen molar-refractivity contribution in [3.63, 3.8) is 0 Å². The summed E-state index contributed by atoms with van der Waals surface area (Å²) < 4.78 is 5.52. The molecule has 1 heterocycles. The summed E-state index contributed by atoms with van der Waals surface area (Å²) in [5.41, 5.74) is 7.16. The van der Waals surface area contributed by atoms with Crippen LogP contribution in [0.2, 0.25) is 0 Å². The fourth-order valence-corrected chi connectivity index (χ4v) is 1.50. The van der Waals surface area contributed by atoms with Crippen molar-refractivity contribution >= 4 is 5.69 Å². The Morgan fingerprint density at radius 2 is 1.95 bits per heavy atom. The van der Waals surface area contributed by atoms with E-state index in [2.05, 4.69) is 4.98 Å². The quantitative estimate of drug-likeness (QED) is 0.655. The number of benzene rings is 1. The number of pyridine rings is 1. The Balaban J connectivity index is 1.95. The fraction of sp³-hybridized carbons (Fsp3) is 0.154. The maximum atomic E-state index is 10.5. The van der Waals surface area contributed by atoms with Gasteiger partial charge in [0.2, 0.25) is 0 Å². The van der Waals surface area contributed by atoms with Crippen LogP contribution in [0.4, 0.5) is 5.69 Å². The summed E-state index contributed by atoms with van der Waals surface area (Å²) in [4.78, 5) is 14.2. The smallest absolute Gasteiger partial charge is 0.269 e. The van der Waals surface area contributed by atoms with Crippen molar-refractivity contribution in [3.05, 3.63) is 64.0 Å². The number of non-ortho nitro benzene ring substituents is 1. The molecule has 0 saturated carbocycles. The largest absolute Gasteiger partial charge is 0.487 e. The van der Waals surface area contributed by atoms with Gasteiger partial charge in [0.15, 0.2) is 0 Å². The zero-order chi connectivity index (χ0) is 13.7. The molecule has 0 aliphatic carbocycles. The predicted molar refractivity (Wildman–Crippen MR) is 69.6 cm³/mol. The van der Waals surface area contributed by atoms with Gasteiger partial charge in [0.05, 0.1) is 16.8 Å². The van der Waals surface area contributed by atoms with Crippen LogP contribution in [0, 0.1) is 10.1 Å². The molecular formula is C13H13N3O3. The third-order valence-corrected chi connectivity index (χ3v) is 2.56. The van der Waals surface area contributed by atoms with Gasteiger partial charge in [0.1, 0.15) is 12.4 Å². The van der Waals surface area contributed by atoms with Crippen LogP contribution in [0.25, 0.3) is 0 Å². The first kappa shape index (κ1) is 13.0. The van der Waals surface area contributed by atoms with Gasteiger partial charge in [-0.2, -0.15) is 0 Å². The highest BCUT2D eigenvalue weighted by atomic mass is 16.6. The fourth-order valence-electron chi connectivity index (χ4n) is 1.50. The molecule has 0 fully saturated rings. The van der Waals surface area contributed by atoms with Crippen molar-refractivity contribution < 1.29 is 9.66 Å². The number of nitrogens with two attached hydrogens (primary N) is 1. The Kier molecular flexibility index (Phi) is 4.04. The number of nitro groups is 1. The van der Waals surface area contributed by atoms with Crippen LogP contribution >= 0.6 is 0 Å². The summed E-state index contributed by atoms with van der Waals surface area (Å²) in [5.74, 6) is 0.635. The maximum absolute atomic E-state index is 10.5. The second-order valence-electron chi connectivity index (χ2n) is 3.90. The lowest BCUT2D eigenvalue weighted by Crippen LogP contribution is -2.00. The topological polar surface area (TPSA) is 91.3 Å². The van der Waals surface area contributed by atoms with Gasteiger partial charge in [-0.1, -0.05) is 0 Å². The summed E-state index contributed by atoms with van der Waals surface area (Å²) in [6, 6.07) is 9.83. The molecule has 0 atom stereocenters. The van der Waals surface area contributed by atoms with Crippen LogP contribution in [-0.2, 0) is 13.2 Å². The van der Waals surface area contributed by atoms with Gasteiger partial charge in [-0.15, -0.1) is 0 Å². The lowest BCUT2D eigenvalue weighted by Gasteiger charge is -2.06. The Labute approximate surface area is 110 Å². The van der Waals surface area contributed by atoms with Gasteiger partial charge < -0.3 is 10.5 Å². The maximum Gasteiger partial charge on any atom is 0.269 e. The number of hydrogen-bond donors (Lipinski definition) is 1. The summed E-state index contributed by atoms with van der Waals surface area (Å²) in [6.45, 7) is 0.726. The molecule has 0 aliphatic rings. The third-order valence-electron chi connectivity index (χ3n) is 2.56. The lowest BCUT2D eigenvalue weighted by atomic mass is 10.2. The van der Waals surface area contributed by atoms with E-state index < -0.39 is 4.92 Å². The number of ether oxygens (including phenoxy) is 1. The molecule has 0 unspecified atom stereocenters. The molecule has 2 rings (SSSR count). The average molecular weight is 259 g/mol. The van der Waals surface area contributed by atoms with Crippen molar-refractivity contribution in [1.82, 2.24) is 4.98 Å². The number of nitro benzene ring substituents is 1. The zero-order valence-electron chi connectivity index (χ0n) is 10.2. The molecule has 0 amide bonds. The van der Waals surface area contributed by atoms with Gasteiger partial charge in [-0.25, -0.2) is 0 Å². The number of hydrogen-bond acceptors (Lipinski definition) is 5. The summed E-state index contributed by atoms with van der Waals surface area (Å²) in [5, 5.41) is 10.5. The minimum absolute atomic E-state index is 0.0673. The molecule has 98 valence electrons. The molecule has 0 spiro atoms. The Hall–Kier alpha value is -2.47. The Morgan fingerprint density at radius 3 is 2.47 bits per heavy atom. The van der Waals surface area contributed by atoms with E-state index >= 15 is 0 Å². The highest BCUT2D eigenvalue weighted by Crippen LogP contribution is 2.15. The van der Waals surface area contributed by atoms with Crippen LogP contribution < -0.4 is 10.5 Å². The van der Waals surface area contributed by atoms with Crippen molar-refractivity contribution in [3.8, 4) is 5.75 Å². The van der Waals surface area contributed by atoms with Crippen LogP contribution in [0.15, 0.2) is 42.6 Å². The number of aromatic nitrogens is 1. The van der Waals surface area contributed by atoms with E-state index in [-0.39, 0.29) is 5.69 Å². The van der Waals surface area contributed by atoms with Crippen LogP contribution in [-0.4, -0.2) is 9.91 Å². The van der Waals surface area contributed by atoms with Gasteiger partial charge in [-0.3, -0.25) is 15.1 Å². The van der Waals surface area contributed by atoms with E-state index in [9.17, 15) is 10.1 Å². The molecule has 6 nitrogen and oxygen atoms in total. The highest BCUT2D eigenvalue weighted by molar-refractivity contribution is 5.32. The zero-order valence-corrected chi connectivity index (χ0v) is 10.2. The summed E-state index contributed by atoms with van der Waals surface area (Å²) >= 11 is 0. The molecule has 0 saturated heterocycles. The lowest BCUT2D eigenvalue weighted by molar-refractivity contribution is -0.384. The van der Waals surface area contributed by atoms with Crippen molar-refractivity contribution in [2.24, 2.45) is 5.73 Å². The van der Waals surface area contributed by atoms with E-state index in [0.717, 1.165) is 11.3 Å². The van der Waals surface area contributed by atoms with E-state index in [0.29, 0.717) is 18.9 Å². The summed E-state index contributed by atoms with van der Waals surface area (Å²) in [7, 11) is 0. The number of rotatable bonds is 5. The average Bonchev–Trinajstić information content (AvgIpc) is 2.46. The van der Waals surface area contributed by atoms with Crippen molar-refractivity contribution in [2.75, 3.05) is 0 Å². The molecule has 6 heteroatoms. The van der Waals surface area contributed by atoms with Crippen molar-refractivity contribution in [1.29, 1.82) is 0 Å². The highest BCUT2D eigenvalue weighted by Gasteiger charge is 2.04. The normalized spacial score (nSPS) is 10.2. The molecule has 0 bridgehead atoms. The van der Waals surface area contributed by atoms with Gasteiger partial charge in [0, 0.05) is 18.7 Å². The molecule has 1 aromatic carbocycles. The van der Waals surface area contributed by atoms with Gasteiger partial charge in [-0.05, 0) is 29.8 Å². The van der Waals surface area contributed by atoms with Gasteiger partial charge in [0.25, 0.3) is 5.69 Å². The molecule has 2 N–H and O–H groups in total. The number of nitrogens with zero attached hydrogens (tertiary/aromatic N) is 2. The van der Waals surface area contributed by atoms with E-state index in [1.165, 1.54) is 12.1 Å². The second kappa shape index (κ2) is 5.92. The minimum Gasteiger partial charge on any atom is -0.487 e. The molecule has 19 heavy (non-hydrogen) atoms. The van der Waals surface area contributed by atoms with Crippen LogP contribution in [0.1, 0.15) is 11.3 Å². The van der Waals surface area contributed by atoms with Crippen LogP contribution in [0.5, 0.6) is 5.75 Å². The first-order chi connectivity index (χ1) is 9.19. The molecule has 0 aliphatic heterocycles. The first-order valence-corrected chi connectivity index (χ1v) is 5.70. The van der Waals surface area contributed by atoms with Crippen LogP contribution in [0.3, 0.4) is 0 Å². The third kappa shape index (κ3) is 3.49. The monoisotopic (exact) mass is 259 g/mol. The summed E-state index contributed by atoms with van der Waals surface area (Å²) in [6.07, 6.45) is 1.60. The minimum atomic E-state index is -0.430. The van der Waals surface area contributed by atoms with E-state index in [1.807, 2.05) is 0 Å². The molecular weight excluding hydrogens is 246 g/mol. The SMILES string of the molecule is NCc1ccc(OCc2ccc([N+](=O)[O-])cc2)cn1. The second-order valence-corrected chi connectivity index (χ2v) is 3.90. The Bertz CT molecular complexity index is 552. The predicted octanol–water partition coefficient (Wildman–Crippen LogP) is 2.03. The molecule has 1 aromatic heterocycles. The molecule has 0 radical (unpaired) electrons. The van der Waals surface area contributed by atoms with E-state index in [1.54, 1.807) is 30.5 Å². The first-order valence-electron chi connectivity index (χ1n) is 5.70. The molecule has 2 aromatic rings. The van der Waals surface area contributed by atoms with E-state index in [4.69, 9.17) is 10.5 Å². The standard InChI is InChI=1S/C13H13N3O3/c14-7-11-3-6-13(8-15-11)19-9-10-1-4-12(5-2-10)16(17)18/h1-6,8H,7,9,14H2. The Morgan fingerprint density at radius 1 is 1.21 bits per heavy atom. The van der Waals surface area contributed by atoms with Gasteiger partial charge >= 0.3 is 0 Å². The van der Waals surface area contributed by atoms with Crippen molar-refractivity contribution in [2.45, 2.75) is 13.2 Å².